The molecule has 0 bridgehead atoms. The molecule has 3 aromatic rings. The van der Waals surface area contributed by atoms with Crippen LogP contribution in [0.25, 0.3) is 11.3 Å². The summed E-state index contributed by atoms with van der Waals surface area (Å²) in [5.74, 6) is 0.0486. The van der Waals surface area contributed by atoms with E-state index in [0.717, 1.165) is 32.5 Å². The Bertz CT molecular complexity index is 1100. The lowest BCUT2D eigenvalue weighted by Gasteiger charge is -2.34. The van der Waals surface area contributed by atoms with Crippen molar-refractivity contribution < 1.29 is 23.8 Å². The van der Waals surface area contributed by atoms with Gasteiger partial charge < -0.3 is 19.2 Å². The van der Waals surface area contributed by atoms with Crippen molar-refractivity contribution in [2.45, 2.75) is 19.8 Å². The number of furan rings is 1. The van der Waals surface area contributed by atoms with Crippen molar-refractivity contribution in [3.8, 4) is 17.1 Å². The Morgan fingerprint density at radius 2 is 1.76 bits per heavy atom. The van der Waals surface area contributed by atoms with E-state index < -0.39 is 12.1 Å². The maximum Gasteiger partial charge on any atom is 0.415 e. The first-order valence-electron chi connectivity index (χ1n) is 11.2. The number of nitrogens with zero attached hydrogens (tertiary/aromatic N) is 2. The quantitative estimate of drug-likeness (QED) is 0.564. The molecular weight excluding hydrogens is 420 g/mol. The summed E-state index contributed by atoms with van der Waals surface area (Å²) < 4.78 is 11.1. The van der Waals surface area contributed by atoms with Crippen molar-refractivity contribution in [1.82, 2.24) is 9.80 Å². The second kappa shape index (κ2) is 10.4. The normalized spacial score (nSPS) is 14.3. The van der Waals surface area contributed by atoms with E-state index in [2.05, 4.69) is 29.2 Å². The number of aromatic carboxylic acids is 1. The Morgan fingerprint density at radius 3 is 2.48 bits per heavy atom. The molecule has 1 aliphatic rings. The first-order chi connectivity index (χ1) is 16.0. The molecule has 1 N–H and O–H groups in total. The van der Waals surface area contributed by atoms with Crippen LogP contribution in [-0.4, -0.2) is 59.7 Å². The number of carboxylic acids is 1. The van der Waals surface area contributed by atoms with E-state index in [1.165, 1.54) is 11.6 Å². The van der Waals surface area contributed by atoms with Crippen LogP contribution in [0, 0.1) is 6.92 Å². The maximum atomic E-state index is 12.7. The molecule has 2 aromatic carbocycles. The monoisotopic (exact) mass is 448 g/mol. The zero-order valence-corrected chi connectivity index (χ0v) is 18.7. The predicted molar refractivity (Wildman–Crippen MR) is 125 cm³/mol. The molecule has 1 fully saturated rings. The van der Waals surface area contributed by atoms with E-state index in [9.17, 15) is 14.7 Å². The molecule has 0 atom stereocenters. The summed E-state index contributed by atoms with van der Waals surface area (Å²) in [5, 5.41) is 9.40. The van der Waals surface area contributed by atoms with E-state index in [0.29, 0.717) is 30.2 Å². The molecule has 0 unspecified atom stereocenters. The Balaban J connectivity index is 1.29. The molecule has 0 aliphatic carbocycles. The van der Waals surface area contributed by atoms with Gasteiger partial charge in [0.15, 0.2) is 0 Å². The minimum absolute atomic E-state index is 0.0827. The van der Waals surface area contributed by atoms with Crippen LogP contribution in [0.2, 0.25) is 0 Å². The molecule has 1 aliphatic heterocycles. The summed E-state index contributed by atoms with van der Waals surface area (Å²) in [6.07, 6.45) is 1.74. The van der Waals surface area contributed by atoms with E-state index in [4.69, 9.17) is 9.15 Å². The van der Waals surface area contributed by atoms with E-state index >= 15 is 0 Å². The van der Waals surface area contributed by atoms with Gasteiger partial charge in [-0.05, 0) is 50.1 Å². The van der Waals surface area contributed by atoms with E-state index in [1.807, 2.05) is 6.07 Å². The Morgan fingerprint density at radius 1 is 1.00 bits per heavy atom. The maximum absolute atomic E-state index is 12.7. The fourth-order valence-electron chi connectivity index (χ4n) is 4.06. The van der Waals surface area contributed by atoms with Gasteiger partial charge in [0.1, 0.15) is 22.8 Å². The van der Waals surface area contributed by atoms with Crippen molar-refractivity contribution in [2.75, 3.05) is 32.7 Å². The van der Waals surface area contributed by atoms with E-state index in [-0.39, 0.29) is 11.3 Å². The van der Waals surface area contributed by atoms with Gasteiger partial charge in [-0.2, -0.15) is 0 Å². The zero-order valence-electron chi connectivity index (χ0n) is 18.7. The number of benzene rings is 2. The molecule has 0 saturated carbocycles. The topological polar surface area (TPSA) is 83.2 Å². The molecule has 2 heterocycles. The number of carbonyl (C=O) groups excluding carboxylic acids is 1. The molecule has 7 nitrogen and oxygen atoms in total. The average Bonchev–Trinajstić information content (AvgIpc) is 3.22. The zero-order chi connectivity index (χ0) is 23.2. The predicted octanol–water partition coefficient (Wildman–Crippen LogP) is 4.70. The van der Waals surface area contributed by atoms with Crippen molar-refractivity contribution in [1.29, 1.82) is 0 Å². The summed E-state index contributed by atoms with van der Waals surface area (Å²) in [4.78, 5) is 28.2. The molecule has 1 aromatic heterocycles. The average molecular weight is 449 g/mol. The van der Waals surface area contributed by atoms with Crippen LogP contribution < -0.4 is 4.74 Å². The summed E-state index contributed by atoms with van der Waals surface area (Å²) in [5.41, 5.74) is 1.98. The lowest BCUT2D eigenvalue weighted by molar-refractivity contribution is 0.0697. The number of aryl methyl sites for hydroxylation is 2. The summed E-state index contributed by atoms with van der Waals surface area (Å²) >= 11 is 0. The number of amides is 1. The largest absolute Gasteiger partial charge is 0.478 e. The van der Waals surface area contributed by atoms with Crippen LogP contribution in [-0.2, 0) is 6.42 Å². The number of carboxylic acid groups (broad SMARTS) is 1. The minimum Gasteiger partial charge on any atom is -0.478 e. The van der Waals surface area contributed by atoms with Gasteiger partial charge in [0, 0.05) is 31.7 Å². The number of ether oxygens (including phenoxy) is 1. The Hall–Kier alpha value is -3.58. The standard InChI is InChI=1S/C26H28N2O5/c1-19-17-23(25(29)30)24(32-19)21-10-5-11-22(18-21)33-26(31)28-15-13-27(14-16-28)12-6-9-20-7-3-2-4-8-20/h2-5,7-8,10-11,17-18H,6,9,12-16H2,1H3,(H,29,30). The molecule has 0 spiro atoms. The van der Waals surface area contributed by atoms with Crippen molar-refractivity contribution in [3.63, 3.8) is 0 Å². The van der Waals surface area contributed by atoms with E-state index in [1.54, 1.807) is 36.1 Å². The molecular formula is C26H28N2O5. The van der Waals surface area contributed by atoms with Gasteiger partial charge in [0.05, 0.1) is 0 Å². The van der Waals surface area contributed by atoms with Gasteiger partial charge in [0.25, 0.3) is 0 Å². The third-order valence-electron chi connectivity index (χ3n) is 5.80. The van der Waals surface area contributed by atoms with Gasteiger partial charge in [0.2, 0.25) is 0 Å². The van der Waals surface area contributed by atoms with Gasteiger partial charge in [-0.3, -0.25) is 4.90 Å². The lowest BCUT2D eigenvalue weighted by Crippen LogP contribution is -2.49. The summed E-state index contributed by atoms with van der Waals surface area (Å²) in [6.45, 7) is 5.57. The van der Waals surface area contributed by atoms with Crippen molar-refractivity contribution in [3.05, 3.63) is 77.6 Å². The number of piperazine rings is 1. The highest BCUT2D eigenvalue weighted by Gasteiger charge is 2.23. The highest BCUT2D eigenvalue weighted by molar-refractivity contribution is 5.94. The Labute approximate surface area is 193 Å². The van der Waals surface area contributed by atoms with Crippen molar-refractivity contribution in [2.24, 2.45) is 0 Å². The highest BCUT2D eigenvalue weighted by Crippen LogP contribution is 2.30. The second-order valence-electron chi connectivity index (χ2n) is 8.22. The molecule has 0 radical (unpaired) electrons. The number of hydrogen-bond acceptors (Lipinski definition) is 5. The molecule has 4 rings (SSSR count). The SMILES string of the molecule is Cc1cc(C(=O)O)c(-c2cccc(OC(=O)N3CCN(CCCc4ccccc4)CC3)c2)o1. The smallest absolute Gasteiger partial charge is 0.415 e. The Kier molecular flexibility index (Phi) is 7.10. The van der Waals surface area contributed by atoms with Crippen LogP contribution in [0.4, 0.5) is 4.79 Å². The van der Waals surface area contributed by atoms with Crippen LogP contribution in [0.5, 0.6) is 5.75 Å². The number of rotatable bonds is 7. The third kappa shape index (κ3) is 5.81. The van der Waals surface area contributed by atoms with Crippen LogP contribution >= 0.6 is 0 Å². The van der Waals surface area contributed by atoms with Crippen LogP contribution in [0.1, 0.15) is 28.1 Å². The molecule has 172 valence electrons. The van der Waals surface area contributed by atoms with Crippen molar-refractivity contribution >= 4 is 12.1 Å². The molecule has 7 heteroatoms. The molecule has 1 amide bonds. The van der Waals surface area contributed by atoms with Gasteiger partial charge in [-0.15, -0.1) is 0 Å². The fourth-order valence-corrected chi connectivity index (χ4v) is 4.06. The minimum atomic E-state index is -1.06. The second-order valence-corrected chi connectivity index (χ2v) is 8.22. The first kappa shape index (κ1) is 22.6. The van der Waals surface area contributed by atoms with Gasteiger partial charge >= 0.3 is 12.1 Å². The van der Waals surface area contributed by atoms with Gasteiger partial charge in [-0.25, -0.2) is 9.59 Å². The van der Waals surface area contributed by atoms with Gasteiger partial charge in [-0.1, -0.05) is 42.5 Å². The highest BCUT2D eigenvalue weighted by atomic mass is 16.6. The summed E-state index contributed by atoms with van der Waals surface area (Å²) in [6, 6.07) is 18.7. The number of hydrogen-bond donors (Lipinski definition) is 1. The molecule has 1 saturated heterocycles. The van der Waals surface area contributed by atoms with Crippen LogP contribution in [0.3, 0.4) is 0 Å². The van der Waals surface area contributed by atoms with Crippen LogP contribution in [0.15, 0.2) is 65.1 Å². The third-order valence-corrected chi connectivity index (χ3v) is 5.80. The fraction of sp³-hybridized carbons (Fsp3) is 0.308. The molecule has 33 heavy (non-hydrogen) atoms. The summed E-state index contributed by atoms with van der Waals surface area (Å²) in [7, 11) is 0. The number of carbonyl (C=O) groups is 2. The lowest BCUT2D eigenvalue weighted by atomic mass is 10.1. The first-order valence-corrected chi connectivity index (χ1v) is 11.2.